The molecule has 1 aromatic carbocycles. The largest absolute Gasteiger partial charge is 0.416 e. The minimum atomic E-state index is -4.39. The summed E-state index contributed by atoms with van der Waals surface area (Å²) in [7, 11) is 0. The van der Waals surface area contributed by atoms with E-state index in [4.69, 9.17) is 0 Å². The fourth-order valence-corrected chi connectivity index (χ4v) is 3.77. The summed E-state index contributed by atoms with van der Waals surface area (Å²) < 4.78 is 37.7. The Morgan fingerprint density at radius 3 is 2.39 bits per heavy atom. The van der Waals surface area contributed by atoms with Gasteiger partial charge in [-0.05, 0) is 43.9 Å². The van der Waals surface area contributed by atoms with E-state index in [-0.39, 0.29) is 12.5 Å². The fourth-order valence-electron chi connectivity index (χ4n) is 3.77. The van der Waals surface area contributed by atoms with Crippen molar-refractivity contribution in [1.29, 1.82) is 0 Å². The zero-order valence-corrected chi connectivity index (χ0v) is 15.4. The highest BCUT2D eigenvalue weighted by atomic mass is 19.4. The molecule has 1 spiro atoms. The monoisotopic (exact) mass is 397 g/mol. The number of rotatable bonds is 5. The Labute approximate surface area is 160 Å². The summed E-state index contributed by atoms with van der Waals surface area (Å²) in [4.78, 5) is 38.2. The molecule has 1 unspecified atom stereocenters. The molecule has 1 saturated carbocycles. The van der Waals surface area contributed by atoms with E-state index in [0.29, 0.717) is 24.8 Å². The first-order valence-electron chi connectivity index (χ1n) is 9.24. The number of nitrogens with zero attached hydrogens (tertiary/aromatic N) is 1. The van der Waals surface area contributed by atoms with E-state index in [1.807, 2.05) is 0 Å². The first kappa shape index (κ1) is 20.2. The number of alkyl halides is 3. The molecule has 6 nitrogen and oxygen atoms in total. The highest BCUT2D eigenvalue weighted by Crippen LogP contribution is 2.35. The van der Waals surface area contributed by atoms with Gasteiger partial charge in [-0.2, -0.15) is 13.2 Å². The number of hydrogen-bond donors (Lipinski definition) is 2. The molecule has 1 atom stereocenters. The standard InChI is InChI=1S/C19H22F3N3O3/c1-12(25-16(27)18(24-17(25)28)9-2-3-10-18)15(26)23-11-8-13-4-6-14(7-5-13)19(20,21)22/h4-7,12H,2-3,8-11H2,1H3,(H,23,26)(H,24,28). The van der Waals surface area contributed by atoms with E-state index in [2.05, 4.69) is 10.6 Å². The van der Waals surface area contributed by atoms with Crippen LogP contribution >= 0.6 is 0 Å². The number of nitrogens with one attached hydrogen (secondary N) is 2. The lowest BCUT2D eigenvalue weighted by Crippen LogP contribution is -2.50. The Morgan fingerprint density at radius 1 is 1.21 bits per heavy atom. The van der Waals surface area contributed by atoms with Crippen molar-refractivity contribution in [3.63, 3.8) is 0 Å². The molecule has 9 heteroatoms. The first-order valence-corrected chi connectivity index (χ1v) is 9.24. The normalized spacial score (nSPS) is 19.8. The van der Waals surface area contributed by atoms with E-state index in [0.717, 1.165) is 29.9 Å². The Balaban J connectivity index is 1.53. The molecule has 1 heterocycles. The fraction of sp³-hybridized carbons (Fsp3) is 0.526. The molecule has 2 fully saturated rings. The quantitative estimate of drug-likeness (QED) is 0.750. The third-order valence-corrected chi connectivity index (χ3v) is 5.41. The number of imide groups is 1. The van der Waals surface area contributed by atoms with Crippen LogP contribution in [-0.2, 0) is 22.2 Å². The minimum absolute atomic E-state index is 0.184. The average Bonchev–Trinajstić information content (AvgIpc) is 3.19. The van der Waals surface area contributed by atoms with Gasteiger partial charge in [0.2, 0.25) is 5.91 Å². The molecule has 2 aliphatic rings. The third kappa shape index (κ3) is 3.83. The molecule has 1 saturated heterocycles. The van der Waals surface area contributed by atoms with Gasteiger partial charge in [0.05, 0.1) is 5.56 Å². The minimum Gasteiger partial charge on any atom is -0.354 e. The lowest BCUT2D eigenvalue weighted by molar-refractivity contribution is -0.138. The summed E-state index contributed by atoms with van der Waals surface area (Å²) in [5, 5.41) is 5.37. The van der Waals surface area contributed by atoms with Crippen LogP contribution in [0.15, 0.2) is 24.3 Å². The average molecular weight is 397 g/mol. The van der Waals surface area contributed by atoms with Crippen LogP contribution in [0.5, 0.6) is 0 Å². The maximum atomic E-state index is 12.7. The lowest BCUT2D eigenvalue weighted by Gasteiger charge is -2.23. The molecule has 0 aromatic heterocycles. The van der Waals surface area contributed by atoms with Crippen LogP contribution in [0.4, 0.5) is 18.0 Å². The van der Waals surface area contributed by atoms with Crippen LogP contribution in [0.2, 0.25) is 0 Å². The molecule has 152 valence electrons. The maximum Gasteiger partial charge on any atom is 0.416 e. The van der Waals surface area contributed by atoms with E-state index in [1.54, 1.807) is 0 Å². The van der Waals surface area contributed by atoms with Crippen molar-refractivity contribution in [2.24, 2.45) is 0 Å². The van der Waals surface area contributed by atoms with Crippen LogP contribution in [-0.4, -0.2) is 40.9 Å². The SMILES string of the molecule is CC(C(=O)NCCc1ccc(C(F)(F)F)cc1)N1C(=O)NC2(CCCC2)C1=O. The number of urea groups is 1. The molecule has 1 aliphatic carbocycles. The summed E-state index contributed by atoms with van der Waals surface area (Å²) >= 11 is 0. The second-order valence-electron chi connectivity index (χ2n) is 7.31. The van der Waals surface area contributed by atoms with Crippen LogP contribution < -0.4 is 10.6 Å². The van der Waals surface area contributed by atoms with Crippen molar-refractivity contribution in [1.82, 2.24) is 15.5 Å². The molecule has 1 aromatic rings. The summed E-state index contributed by atoms with van der Waals surface area (Å²) in [5.74, 6) is -0.842. The van der Waals surface area contributed by atoms with Crippen LogP contribution in [0.25, 0.3) is 0 Å². The summed E-state index contributed by atoms with van der Waals surface area (Å²) in [6, 6.07) is 3.19. The number of amides is 4. The van der Waals surface area contributed by atoms with Gasteiger partial charge < -0.3 is 10.6 Å². The van der Waals surface area contributed by atoms with E-state index in [1.165, 1.54) is 19.1 Å². The molecular formula is C19H22F3N3O3. The zero-order valence-electron chi connectivity index (χ0n) is 15.4. The number of hydrogen-bond acceptors (Lipinski definition) is 3. The summed E-state index contributed by atoms with van der Waals surface area (Å²) in [6.45, 7) is 1.67. The van der Waals surface area contributed by atoms with Crippen molar-refractivity contribution < 1.29 is 27.6 Å². The van der Waals surface area contributed by atoms with Crippen LogP contribution in [0.3, 0.4) is 0 Å². The van der Waals surface area contributed by atoms with Gasteiger partial charge >= 0.3 is 12.2 Å². The van der Waals surface area contributed by atoms with Crippen LogP contribution in [0.1, 0.15) is 43.7 Å². The molecule has 2 N–H and O–H groups in total. The highest BCUT2D eigenvalue weighted by Gasteiger charge is 2.54. The smallest absolute Gasteiger partial charge is 0.354 e. The zero-order chi connectivity index (χ0) is 20.5. The first-order chi connectivity index (χ1) is 13.1. The van der Waals surface area contributed by atoms with Crippen molar-refractivity contribution >= 4 is 17.8 Å². The lowest BCUT2D eigenvalue weighted by atomic mass is 9.97. The summed E-state index contributed by atoms with van der Waals surface area (Å²) in [5.41, 5.74) is -0.958. The molecular weight excluding hydrogens is 375 g/mol. The van der Waals surface area contributed by atoms with E-state index in [9.17, 15) is 27.6 Å². The number of benzene rings is 1. The van der Waals surface area contributed by atoms with Crippen LogP contribution in [0, 0.1) is 0 Å². The van der Waals surface area contributed by atoms with Crippen molar-refractivity contribution in [2.45, 2.75) is 56.8 Å². The van der Waals surface area contributed by atoms with Crippen molar-refractivity contribution in [3.05, 3.63) is 35.4 Å². The van der Waals surface area contributed by atoms with Gasteiger partial charge in [0, 0.05) is 6.54 Å². The van der Waals surface area contributed by atoms with Gasteiger partial charge in [0.25, 0.3) is 5.91 Å². The Morgan fingerprint density at radius 2 is 1.82 bits per heavy atom. The second-order valence-corrected chi connectivity index (χ2v) is 7.31. The van der Waals surface area contributed by atoms with Crippen molar-refractivity contribution in [2.75, 3.05) is 6.54 Å². The van der Waals surface area contributed by atoms with Gasteiger partial charge in [-0.1, -0.05) is 25.0 Å². The van der Waals surface area contributed by atoms with Gasteiger partial charge in [0.1, 0.15) is 11.6 Å². The molecule has 0 bridgehead atoms. The number of carbonyl (C=O) groups is 3. The molecule has 4 amide bonds. The predicted octanol–water partition coefficient (Wildman–Crippen LogP) is 2.62. The second kappa shape index (κ2) is 7.44. The summed E-state index contributed by atoms with van der Waals surface area (Å²) in [6.07, 6.45) is -1.18. The molecule has 0 radical (unpaired) electrons. The Bertz CT molecular complexity index is 771. The maximum absolute atomic E-state index is 12.7. The predicted molar refractivity (Wildman–Crippen MR) is 94.2 cm³/mol. The van der Waals surface area contributed by atoms with E-state index < -0.39 is 35.3 Å². The Kier molecular flexibility index (Phi) is 5.36. The molecule has 3 rings (SSSR count). The molecule has 1 aliphatic heterocycles. The van der Waals surface area contributed by atoms with Crippen molar-refractivity contribution in [3.8, 4) is 0 Å². The molecule has 28 heavy (non-hydrogen) atoms. The Hall–Kier alpha value is -2.58. The van der Waals surface area contributed by atoms with Gasteiger partial charge in [-0.3, -0.25) is 9.59 Å². The third-order valence-electron chi connectivity index (χ3n) is 5.41. The topological polar surface area (TPSA) is 78.5 Å². The van der Waals surface area contributed by atoms with Gasteiger partial charge in [0.15, 0.2) is 0 Å². The van der Waals surface area contributed by atoms with Gasteiger partial charge in [-0.25, -0.2) is 9.69 Å². The number of halogens is 3. The van der Waals surface area contributed by atoms with E-state index >= 15 is 0 Å². The van der Waals surface area contributed by atoms with Gasteiger partial charge in [-0.15, -0.1) is 0 Å². The number of carbonyl (C=O) groups excluding carboxylic acids is 3. The highest BCUT2D eigenvalue weighted by molar-refractivity contribution is 6.09.